The molecule has 0 aliphatic carbocycles. The average molecular weight is 745 g/mol. The summed E-state index contributed by atoms with van der Waals surface area (Å²) in [5.74, 6) is 0. The molecule has 0 fully saturated rings. The smallest absolute Gasteiger partial charge is 0.0547 e. The molecule has 3 heteroatoms. The van der Waals surface area contributed by atoms with Crippen LogP contribution in [0.2, 0.25) is 0 Å². The molecule has 0 N–H and O–H groups in total. The highest BCUT2D eigenvalue weighted by Gasteiger charge is 2.19. The minimum absolute atomic E-state index is 1.10. The Kier molecular flexibility index (Phi) is 8.04. The second kappa shape index (κ2) is 13.8. The van der Waals surface area contributed by atoms with Crippen LogP contribution in [0.25, 0.3) is 81.0 Å². The molecule has 57 heavy (non-hydrogen) atoms. The molecule has 268 valence electrons. The summed E-state index contributed by atoms with van der Waals surface area (Å²) in [6.45, 7) is 0. The summed E-state index contributed by atoms with van der Waals surface area (Å²) in [7, 11) is 0. The van der Waals surface area contributed by atoms with Gasteiger partial charge in [-0.2, -0.15) is 0 Å². The third-order valence-corrected chi connectivity index (χ3v) is 12.3. The van der Waals surface area contributed by atoms with E-state index in [1.807, 2.05) is 11.3 Å². The molecular weight excluding hydrogens is 709 g/mol. The van der Waals surface area contributed by atoms with Gasteiger partial charge in [0.15, 0.2) is 0 Å². The molecule has 11 aromatic rings. The maximum Gasteiger partial charge on any atom is 0.0547 e. The van der Waals surface area contributed by atoms with Crippen LogP contribution in [0.4, 0.5) is 17.1 Å². The highest BCUT2D eigenvalue weighted by molar-refractivity contribution is 7.25. The van der Waals surface area contributed by atoms with Crippen LogP contribution in [0.5, 0.6) is 0 Å². The summed E-state index contributed by atoms with van der Waals surface area (Å²) in [5.41, 5.74) is 14.1. The lowest BCUT2D eigenvalue weighted by Crippen LogP contribution is -2.10. The normalized spacial score (nSPS) is 11.5. The van der Waals surface area contributed by atoms with Gasteiger partial charge in [0.05, 0.1) is 11.0 Å². The van der Waals surface area contributed by atoms with Gasteiger partial charge in [-0.25, -0.2) is 0 Å². The van der Waals surface area contributed by atoms with Crippen molar-refractivity contribution in [2.75, 3.05) is 4.90 Å². The Morgan fingerprint density at radius 3 is 1.58 bits per heavy atom. The molecular formula is C54H36N2S. The van der Waals surface area contributed by atoms with E-state index in [0.29, 0.717) is 0 Å². The molecule has 11 rings (SSSR count). The summed E-state index contributed by atoms with van der Waals surface area (Å²) >= 11 is 1.87. The number of rotatable bonds is 7. The van der Waals surface area contributed by atoms with Gasteiger partial charge >= 0.3 is 0 Å². The number of benzene rings is 9. The third kappa shape index (κ3) is 5.80. The van der Waals surface area contributed by atoms with Crippen molar-refractivity contribution in [2.24, 2.45) is 0 Å². The molecule has 0 atom stereocenters. The SMILES string of the molecule is c1ccc(-c2ccc(N(c3ccc(-c4ccccc4)cc3)c3cccc(-c4cccc5c4c4ccccc4n5-c4ccc5c(c4)sc4ccccc45)c3)cc2)cc1. The quantitative estimate of drug-likeness (QED) is 0.158. The number of para-hydroxylation sites is 1. The van der Waals surface area contributed by atoms with Gasteiger partial charge in [0.25, 0.3) is 0 Å². The summed E-state index contributed by atoms with van der Waals surface area (Å²) in [6, 6.07) is 79.3. The van der Waals surface area contributed by atoms with Gasteiger partial charge in [0.2, 0.25) is 0 Å². The van der Waals surface area contributed by atoms with Crippen molar-refractivity contribution in [1.82, 2.24) is 4.57 Å². The minimum Gasteiger partial charge on any atom is -0.310 e. The zero-order chi connectivity index (χ0) is 37.7. The predicted molar refractivity (Wildman–Crippen MR) is 245 cm³/mol. The standard InChI is InChI=1S/C54H36N2S/c1-3-13-37(14-4-1)39-25-29-42(30-26-39)55(43-31-27-40(28-32-43)38-15-5-2-6-16-38)44-18-11-17-41(35-44)46-21-12-23-51-54(46)49-20-7-9-22-50(49)56(51)45-33-34-48-47-19-8-10-24-52(47)57-53(48)36-45/h1-36H. The van der Waals surface area contributed by atoms with Gasteiger partial charge in [-0.05, 0) is 100 Å². The van der Waals surface area contributed by atoms with E-state index in [1.54, 1.807) is 0 Å². The molecule has 2 nitrogen and oxygen atoms in total. The van der Waals surface area contributed by atoms with Crippen molar-refractivity contribution in [1.29, 1.82) is 0 Å². The Hall–Kier alpha value is -7.20. The van der Waals surface area contributed by atoms with E-state index in [9.17, 15) is 0 Å². The topological polar surface area (TPSA) is 8.17 Å². The number of fused-ring (bicyclic) bond motifs is 6. The Balaban J connectivity index is 1.05. The first-order valence-electron chi connectivity index (χ1n) is 19.4. The maximum atomic E-state index is 2.44. The largest absolute Gasteiger partial charge is 0.310 e. The van der Waals surface area contributed by atoms with E-state index in [2.05, 4.69) is 228 Å². The Morgan fingerprint density at radius 1 is 0.333 bits per heavy atom. The fraction of sp³-hybridized carbons (Fsp3) is 0. The summed E-state index contributed by atoms with van der Waals surface area (Å²) in [5, 5.41) is 5.14. The lowest BCUT2D eigenvalue weighted by molar-refractivity contribution is 1.19. The van der Waals surface area contributed by atoms with E-state index >= 15 is 0 Å². The first kappa shape index (κ1) is 33.2. The molecule has 0 unspecified atom stereocenters. The zero-order valence-corrected chi connectivity index (χ0v) is 31.9. The van der Waals surface area contributed by atoms with Crippen molar-refractivity contribution < 1.29 is 0 Å². The number of thiophene rings is 1. The first-order valence-corrected chi connectivity index (χ1v) is 20.2. The second-order valence-corrected chi connectivity index (χ2v) is 15.6. The van der Waals surface area contributed by atoms with Crippen molar-refractivity contribution in [3.8, 4) is 39.1 Å². The van der Waals surface area contributed by atoms with Crippen LogP contribution < -0.4 is 4.90 Å². The number of hydrogen-bond donors (Lipinski definition) is 0. The van der Waals surface area contributed by atoms with Gasteiger partial charge in [0.1, 0.15) is 0 Å². The lowest BCUT2D eigenvalue weighted by atomic mass is 9.98. The second-order valence-electron chi connectivity index (χ2n) is 14.5. The molecule has 0 saturated carbocycles. The van der Waals surface area contributed by atoms with Crippen molar-refractivity contribution in [3.05, 3.63) is 218 Å². The molecule has 0 radical (unpaired) electrons. The molecule has 0 aliphatic rings. The van der Waals surface area contributed by atoms with Gasteiger partial charge in [-0.15, -0.1) is 11.3 Å². The van der Waals surface area contributed by atoms with Gasteiger partial charge < -0.3 is 9.47 Å². The Morgan fingerprint density at radius 2 is 0.877 bits per heavy atom. The van der Waals surface area contributed by atoms with Crippen LogP contribution in [0.1, 0.15) is 0 Å². The van der Waals surface area contributed by atoms with Crippen LogP contribution in [-0.4, -0.2) is 4.57 Å². The van der Waals surface area contributed by atoms with E-state index in [0.717, 1.165) is 17.1 Å². The van der Waals surface area contributed by atoms with Crippen LogP contribution in [0.3, 0.4) is 0 Å². The van der Waals surface area contributed by atoms with Crippen molar-refractivity contribution >= 4 is 70.4 Å². The van der Waals surface area contributed by atoms with Crippen LogP contribution in [0.15, 0.2) is 218 Å². The van der Waals surface area contributed by atoms with E-state index < -0.39 is 0 Å². The number of nitrogens with zero attached hydrogens (tertiary/aromatic N) is 2. The number of aromatic nitrogens is 1. The van der Waals surface area contributed by atoms with E-state index in [1.165, 1.54) is 81.0 Å². The molecule has 9 aromatic carbocycles. The Labute approximate surface area is 335 Å². The number of anilines is 3. The Bertz CT molecular complexity index is 3130. The highest BCUT2D eigenvalue weighted by atomic mass is 32.1. The fourth-order valence-corrected chi connectivity index (χ4v) is 9.66. The molecule has 0 amide bonds. The summed E-state index contributed by atoms with van der Waals surface area (Å²) in [6.07, 6.45) is 0. The monoisotopic (exact) mass is 744 g/mol. The third-order valence-electron chi connectivity index (χ3n) is 11.2. The first-order chi connectivity index (χ1) is 28.3. The highest BCUT2D eigenvalue weighted by Crippen LogP contribution is 2.43. The molecule has 0 bridgehead atoms. The van der Waals surface area contributed by atoms with Crippen LogP contribution in [-0.2, 0) is 0 Å². The molecule has 2 aromatic heterocycles. The van der Waals surface area contributed by atoms with Crippen LogP contribution >= 0.6 is 11.3 Å². The van der Waals surface area contributed by atoms with Gasteiger partial charge in [0, 0.05) is 53.7 Å². The lowest BCUT2D eigenvalue weighted by Gasteiger charge is -2.26. The zero-order valence-electron chi connectivity index (χ0n) is 31.1. The molecule has 0 saturated heterocycles. The van der Waals surface area contributed by atoms with Gasteiger partial charge in [-0.3, -0.25) is 0 Å². The maximum absolute atomic E-state index is 2.44. The number of hydrogen-bond acceptors (Lipinski definition) is 2. The summed E-state index contributed by atoms with van der Waals surface area (Å²) < 4.78 is 5.07. The van der Waals surface area contributed by atoms with E-state index in [4.69, 9.17) is 0 Å². The average Bonchev–Trinajstić information content (AvgIpc) is 3.83. The molecule has 2 heterocycles. The molecule has 0 aliphatic heterocycles. The van der Waals surface area contributed by atoms with E-state index in [-0.39, 0.29) is 0 Å². The van der Waals surface area contributed by atoms with Crippen molar-refractivity contribution in [2.45, 2.75) is 0 Å². The van der Waals surface area contributed by atoms with Crippen LogP contribution in [0, 0.1) is 0 Å². The fourth-order valence-electron chi connectivity index (χ4n) is 8.52. The van der Waals surface area contributed by atoms with Gasteiger partial charge in [-0.1, -0.05) is 152 Å². The molecule has 0 spiro atoms. The van der Waals surface area contributed by atoms with Crippen molar-refractivity contribution in [3.63, 3.8) is 0 Å². The summed E-state index contributed by atoms with van der Waals surface area (Å²) in [4.78, 5) is 2.37. The minimum atomic E-state index is 1.10. The predicted octanol–water partition coefficient (Wildman–Crippen LogP) is 15.6.